The molecule has 0 fully saturated rings. The van der Waals surface area contributed by atoms with Crippen LogP contribution in [0.15, 0.2) is 157 Å². The fourth-order valence-electron chi connectivity index (χ4n) is 7.14. The second-order valence-electron chi connectivity index (χ2n) is 24.0. The molecule has 8 aromatic rings. The Bertz CT molecular complexity index is 3860. The number of nitrogens with zero attached hydrogens (tertiary/aromatic N) is 3. The Kier molecular flexibility index (Phi) is 65.7. The minimum Gasteiger partial charge on any atom is -0.508 e. The fourth-order valence-corrected chi connectivity index (χ4v) is 10.2. The van der Waals surface area contributed by atoms with Crippen LogP contribution in [-0.2, 0) is 44.9 Å². The third-order valence-electron chi connectivity index (χ3n) is 13.2. The number of aromatic hydroxyl groups is 3. The number of allylic oxidation sites excluding steroid dienone is 1. The first-order valence-corrected chi connectivity index (χ1v) is 35.2. The first kappa shape index (κ1) is 118. The van der Waals surface area contributed by atoms with Crippen LogP contribution in [0.1, 0.15) is 173 Å². The number of thiazole rings is 3. The number of alkyl halides is 2. The quantitative estimate of drug-likeness (QED) is 0.0179. The second kappa shape index (κ2) is 61.1. The van der Waals surface area contributed by atoms with Crippen LogP contribution in [0.5, 0.6) is 28.7 Å². The molecule has 28 heteroatoms. The number of phenolic OH excluding ortho intramolecular Hbond substituents is 3. The zero-order valence-electron chi connectivity index (χ0n) is 61.0. The van der Waals surface area contributed by atoms with Gasteiger partial charge in [-0.1, -0.05) is 56.8 Å². The van der Waals surface area contributed by atoms with Crippen molar-refractivity contribution in [3.63, 3.8) is 0 Å². The summed E-state index contributed by atoms with van der Waals surface area (Å²) in [6, 6.07) is 34.5. The number of carbonyl (C=O) groups is 4. The predicted molar refractivity (Wildman–Crippen MR) is 462 cm³/mol. The molecule has 0 aliphatic heterocycles. The number of rotatable bonds is 20. The number of carbonyl (C=O) groups excluding carboxylic acids is 4. The molecule has 0 aliphatic carbocycles. The zero-order chi connectivity index (χ0) is 76.2. The molecule has 0 radical (unpaired) electrons. The Hall–Kier alpha value is -7.51. The van der Waals surface area contributed by atoms with Gasteiger partial charge in [0.15, 0.2) is 0 Å². The molecule has 1 atom stereocenters. The van der Waals surface area contributed by atoms with Crippen molar-refractivity contribution in [1.82, 2.24) is 15.0 Å². The number of aromatic nitrogens is 3. The number of benzene rings is 5. The third-order valence-corrected chi connectivity index (χ3v) is 17.4. The number of ether oxygens (including phenoxy) is 4. The van der Waals surface area contributed by atoms with Crippen molar-refractivity contribution in [2.24, 2.45) is 17.2 Å². The van der Waals surface area contributed by atoms with Gasteiger partial charge in [0, 0.05) is 94.4 Å². The largest absolute Gasteiger partial charge is 0.508 e. The fraction of sp³-hybridized carbons (Fsp3) is 0.378. The number of aryl methyl sites for hydroxylation is 6. The van der Waals surface area contributed by atoms with E-state index in [1.54, 1.807) is 119 Å². The Morgan fingerprint density at radius 2 is 0.791 bits per heavy atom. The minimum absolute atomic E-state index is 0. The molecule has 9 N–H and O–H groups in total. The molecular formula is C82H119Cl3F3N6O11S4W-. The predicted octanol–water partition coefficient (Wildman–Crippen LogP) is 23.1. The van der Waals surface area contributed by atoms with Crippen LogP contribution in [0.25, 0.3) is 31.7 Å². The Labute approximate surface area is 702 Å². The van der Waals surface area contributed by atoms with Crippen molar-refractivity contribution < 1.29 is 87.7 Å². The number of thiocarbonyl (C=S) groups is 1. The zero-order valence-corrected chi connectivity index (χ0v) is 69.6. The summed E-state index contributed by atoms with van der Waals surface area (Å²) in [5, 5.41) is 29.5. The van der Waals surface area contributed by atoms with E-state index in [0.717, 1.165) is 54.4 Å². The molecule has 0 aliphatic rings. The van der Waals surface area contributed by atoms with Crippen molar-refractivity contribution in [1.29, 1.82) is 0 Å². The molecule has 3 heterocycles. The second-order valence-corrected chi connectivity index (χ2v) is 29.0. The maximum absolute atomic E-state index is 13.1. The van der Waals surface area contributed by atoms with Gasteiger partial charge < -0.3 is 58.9 Å². The number of halogens is 6. The molecule has 1 amide bonds. The van der Waals surface area contributed by atoms with Gasteiger partial charge in [-0.2, -0.15) is 0 Å². The first-order valence-electron chi connectivity index (χ1n) is 31.4. The van der Waals surface area contributed by atoms with Crippen LogP contribution in [-0.4, -0.2) is 101 Å². The van der Waals surface area contributed by atoms with Gasteiger partial charge in [-0.05, 0) is 242 Å². The monoisotopic (exact) mass is 1840 g/mol. The Balaban J connectivity index is -0.000000189. The van der Waals surface area contributed by atoms with Crippen molar-refractivity contribution >= 4 is 110 Å². The molecule has 110 heavy (non-hydrogen) atoms. The maximum atomic E-state index is 13.1. The summed E-state index contributed by atoms with van der Waals surface area (Å²) >= 11 is 20.4. The Morgan fingerprint density at radius 3 is 1.03 bits per heavy atom. The average Bonchev–Trinajstić information content (AvgIpc) is 1.72. The van der Waals surface area contributed by atoms with Gasteiger partial charge in [0.05, 0.1) is 41.4 Å². The average molecular weight is 1840 g/mol. The van der Waals surface area contributed by atoms with E-state index in [1.807, 2.05) is 81.4 Å². The van der Waals surface area contributed by atoms with Gasteiger partial charge in [-0.15, -0.1) is 69.6 Å². The van der Waals surface area contributed by atoms with Gasteiger partial charge in [-0.25, -0.2) is 28.1 Å². The number of phenols is 3. The molecule has 3 aromatic heterocycles. The maximum Gasteiger partial charge on any atom is 0.306 e. The summed E-state index contributed by atoms with van der Waals surface area (Å²) < 4.78 is 58.8. The Morgan fingerprint density at radius 1 is 0.518 bits per heavy atom. The molecule has 5 aromatic carbocycles. The van der Waals surface area contributed by atoms with E-state index in [-0.39, 0.29) is 165 Å². The van der Waals surface area contributed by atoms with Crippen molar-refractivity contribution in [3.05, 3.63) is 207 Å². The number of Topliss-reactive ketones (excluding diaryl/α,β-unsaturated/α-hetero) is 1. The number of nitrogens with two attached hydrogens (primary N) is 3. The number of esters is 2. The first-order chi connectivity index (χ1) is 47.4. The standard InChI is InChI=1S/C21H26FNO3S.C15H17FN2OS.C11H11NOS.C10H16ClFO2.C7H7NO2.C7H7NOS.C4H7ClO.6CH4.CH3.ClH.W/c1-14-15(2)27-20(23-14)17-7-9-18(10-8-17)25-13-16(12-22)6-11-19(24)26-21(3,4)5;1-10-11(2)20-15(18-10)13-3-5-14(6-4-13)19-9-12(7-16)8-17;1-7-8(2)14-11(12-7)9-3-5-10(13)6-4-9;1-10(2,3)14-9(13)5-4-8(6-11)7-12;2*8-7(10)5-1-3-6(9)4-2-5;1-3(5)4(2)6;;;;;;;;;/h7-10,12H,6,11,13H2,1-5H3;3-7H,8-9,17H2,1-2H3;3-6,13H,1-2H3;7H,4-6H2,1-3H3;2*1-4,9H,(H2,8,10);3H,1-2H3;6*1H4;1H3;1H;/q;;;;;;;;;;;;;-1;;/b16-12+;12-7+;;8-7+;;;;;;;;;;;;. The molecule has 0 bridgehead atoms. The normalized spacial score (nSPS) is 10.5. The van der Waals surface area contributed by atoms with Gasteiger partial charge >= 0.3 is 11.9 Å². The smallest absolute Gasteiger partial charge is 0.306 e. The van der Waals surface area contributed by atoms with Crippen LogP contribution < -0.4 is 26.7 Å². The van der Waals surface area contributed by atoms with Crippen molar-refractivity contribution in [2.75, 3.05) is 25.6 Å². The number of hydrogen-bond acceptors (Lipinski definition) is 19. The molecule has 0 saturated carbocycles. The number of primary amides is 1. The van der Waals surface area contributed by atoms with Gasteiger partial charge in [0.2, 0.25) is 5.91 Å². The molecule has 1 unspecified atom stereocenters. The molecular weight excluding hydrogens is 1720 g/mol. The van der Waals surface area contributed by atoms with Crippen LogP contribution in [0, 0.1) is 49.0 Å². The number of hydrogen-bond donors (Lipinski definition) is 6. The van der Waals surface area contributed by atoms with E-state index in [1.165, 1.54) is 45.8 Å². The van der Waals surface area contributed by atoms with E-state index in [0.29, 0.717) is 69.9 Å². The number of ketones is 1. The summed E-state index contributed by atoms with van der Waals surface area (Å²) in [5.74, 6) is 0.939. The van der Waals surface area contributed by atoms with Gasteiger partial charge in [-0.3, -0.25) is 19.2 Å². The summed E-state index contributed by atoms with van der Waals surface area (Å²) in [6.07, 6.45) is 2.31. The summed E-state index contributed by atoms with van der Waals surface area (Å²) in [4.78, 5) is 60.9. The van der Waals surface area contributed by atoms with Crippen LogP contribution in [0.2, 0.25) is 0 Å². The van der Waals surface area contributed by atoms with Gasteiger partial charge in [0.1, 0.15) is 79.0 Å². The summed E-state index contributed by atoms with van der Waals surface area (Å²) in [6.45, 7) is 26.5. The van der Waals surface area contributed by atoms with Crippen molar-refractivity contribution in [3.8, 4) is 60.5 Å². The third kappa shape index (κ3) is 49.0. The molecule has 8 rings (SSSR count). The molecule has 0 spiro atoms. The van der Waals surface area contributed by atoms with E-state index in [4.69, 9.17) is 86.9 Å². The number of amides is 1. The van der Waals surface area contributed by atoms with Gasteiger partial charge in [0.25, 0.3) is 0 Å². The topological polar surface area (TPSA) is 283 Å². The minimum atomic E-state index is -0.538. The van der Waals surface area contributed by atoms with Crippen LogP contribution in [0.3, 0.4) is 0 Å². The molecule has 0 saturated heterocycles. The summed E-state index contributed by atoms with van der Waals surface area (Å²) in [7, 11) is 0. The molecule has 17 nitrogen and oxygen atoms in total. The summed E-state index contributed by atoms with van der Waals surface area (Å²) in [5.41, 5.74) is 23.3. The van der Waals surface area contributed by atoms with E-state index in [9.17, 15) is 32.3 Å². The SMILES string of the molecule is C.C.C.C.C.C.CC(=O)C(C)Cl.CC(C)(C)OC(=O)CC/C(=C\F)CCl.Cc1nc(-c2ccc(O)cc2)sc1C.Cc1nc(-c2ccc(OC/C(=C/F)CCC(=O)OC(C)(C)C)cc2)sc1C.Cc1nc(-c2ccc(OC/C(=C/F)CN)cc2)sc1C.Cl.NC(=O)c1ccc(O)cc1.NC(=S)c1ccc(O)cc1.[CH3-].[W]. The molecule has 616 valence electrons. The van der Waals surface area contributed by atoms with Crippen LogP contribution in [0.4, 0.5) is 13.2 Å². The van der Waals surface area contributed by atoms with Crippen molar-refractivity contribution in [2.45, 2.75) is 184 Å². The van der Waals surface area contributed by atoms with Crippen LogP contribution >= 0.6 is 81.8 Å². The van der Waals surface area contributed by atoms with E-state index < -0.39 is 17.1 Å². The van der Waals surface area contributed by atoms with E-state index >= 15 is 0 Å². The van der Waals surface area contributed by atoms with E-state index in [2.05, 4.69) is 35.7 Å².